The molecule has 0 saturated carbocycles. The average molecular weight is 284 g/mol. The molecule has 2 rings (SSSR count). The van der Waals surface area contributed by atoms with Crippen molar-refractivity contribution in [2.24, 2.45) is 0 Å². The van der Waals surface area contributed by atoms with Crippen molar-refractivity contribution in [3.63, 3.8) is 0 Å². The van der Waals surface area contributed by atoms with Gasteiger partial charge < -0.3 is 10.2 Å². The number of halogens is 1. The summed E-state index contributed by atoms with van der Waals surface area (Å²) >= 11 is 0. The number of carbonyl (C=O) groups is 1. The lowest BCUT2D eigenvalue weighted by Crippen LogP contribution is -2.08. The Morgan fingerprint density at radius 2 is 1.90 bits per heavy atom. The zero-order chi connectivity index (χ0) is 15.2. The zero-order valence-electron chi connectivity index (χ0n) is 11.9. The molecule has 4 nitrogen and oxygen atoms in total. The second kappa shape index (κ2) is 6.65. The highest BCUT2D eigenvalue weighted by Crippen LogP contribution is 2.15. The molecular weight excluding hydrogens is 268 g/mol. The van der Waals surface area contributed by atoms with Gasteiger partial charge in [-0.05, 0) is 36.4 Å². The lowest BCUT2D eigenvalue weighted by Gasteiger charge is -2.12. The average Bonchev–Trinajstić information content (AvgIpc) is 2.48. The van der Waals surface area contributed by atoms with Gasteiger partial charge in [-0.2, -0.15) is 4.39 Å². The molecule has 0 fully saturated rings. The van der Waals surface area contributed by atoms with Crippen LogP contribution in [0.1, 0.15) is 10.4 Å². The third-order valence-corrected chi connectivity index (χ3v) is 2.88. The summed E-state index contributed by atoms with van der Waals surface area (Å²) in [5.41, 5.74) is 2.32. The van der Waals surface area contributed by atoms with Crippen molar-refractivity contribution in [1.29, 1.82) is 0 Å². The molecule has 0 radical (unpaired) electrons. The van der Waals surface area contributed by atoms with E-state index in [1.54, 1.807) is 6.20 Å². The SMILES string of the molecule is CN(C)c1ccc(NC=CC(=O)c2ccc([18F])nc2)cc1. The van der Waals surface area contributed by atoms with E-state index in [1.165, 1.54) is 18.3 Å². The fourth-order valence-corrected chi connectivity index (χ4v) is 1.69. The van der Waals surface area contributed by atoms with E-state index in [0.717, 1.165) is 17.4 Å². The maximum atomic E-state index is 12.7. The number of nitrogens with one attached hydrogen (secondary N) is 1. The van der Waals surface area contributed by atoms with Crippen molar-refractivity contribution < 1.29 is 9.18 Å². The number of allylic oxidation sites excluding steroid dienone is 1. The molecule has 0 amide bonds. The molecule has 1 aromatic carbocycles. The first-order chi connectivity index (χ1) is 10.1. The van der Waals surface area contributed by atoms with Gasteiger partial charge in [0.15, 0.2) is 5.78 Å². The molecule has 1 heterocycles. The molecule has 0 aliphatic heterocycles. The molecular formula is C16H16FN3O. The molecule has 0 unspecified atom stereocenters. The molecule has 1 N–H and O–H groups in total. The Morgan fingerprint density at radius 3 is 2.48 bits per heavy atom. The smallest absolute Gasteiger partial charge is 0.212 e. The first kappa shape index (κ1) is 14.7. The molecule has 0 aliphatic carbocycles. The van der Waals surface area contributed by atoms with Crippen LogP contribution in [0.5, 0.6) is 0 Å². The second-order valence-electron chi connectivity index (χ2n) is 4.65. The zero-order valence-corrected chi connectivity index (χ0v) is 11.9. The standard InChI is InChI=1S/C16H16FN3O/c1-20(2)14-6-4-13(5-7-14)18-10-9-15(21)12-3-8-16(17)19-11-12/h3-11,18H,1-2H3/i17-1. The van der Waals surface area contributed by atoms with Crippen molar-refractivity contribution in [1.82, 2.24) is 4.98 Å². The summed E-state index contributed by atoms with van der Waals surface area (Å²) < 4.78 is 12.7. The largest absolute Gasteiger partial charge is 0.378 e. The van der Waals surface area contributed by atoms with Crippen LogP contribution >= 0.6 is 0 Å². The third-order valence-electron chi connectivity index (χ3n) is 2.88. The minimum atomic E-state index is -0.602. The maximum absolute atomic E-state index is 12.7. The Labute approximate surface area is 122 Å². The van der Waals surface area contributed by atoms with Crippen molar-refractivity contribution in [3.8, 4) is 0 Å². The summed E-state index contributed by atoms with van der Waals surface area (Å²) in [6.07, 6.45) is 4.15. The van der Waals surface area contributed by atoms with E-state index in [-0.39, 0.29) is 5.78 Å². The Hall–Kier alpha value is -2.69. The minimum absolute atomic E-state index is 0.236. The first-order valence-corrected chi connectivity index (χ1v) is 6.42. The molecule has 21 heavy (non-hydrogen) atoms. The van der Waals surface area contributed by atoms with Gasteiger partial charge in [-0.1, -0.05) is 0 Å². The summed E-state index contributed by atoms with van der Waals surface area (Å²) in [5.74, 6) is -0.838. The topological polar surface area (TPSA) is 45.2 Å². The van der Waals surface area contributed by atoms with Crippen LogP contribution < -0.4 is 10.2 Å². The van der Waals surface area contributed by atoms with Crippen molar-refractivity contribution in [3.05, 3.63) is 66.4 Å². The molecule has 2 aromatic rings. The van der Waals surface area contributed by atoms with E-state index in [2.05, 4.69) is 10.3 Å². The molecule has 5 heteroatoms. The van der Waals surface area contributed by atoms with Crippen LogP contribution in [0.4, 0.5) is 15.8 Å². The summed E-state index contributed by atoms with van der Waals surface area (Å²) in [5, 5.41) is 3.01. The molecule has 0 atom stereocenters. The summed E-state index contributed by atoms with van der Waals surface area (Å²) in [4.78, 5) is 17.2. The number of carbonyl (C=O) groups excluding carboxylic acids is 1. The molecule has 1 aromatic heterocycles. The number of pyridine rings is 1. The van der Waals surface area contributed by atoms with Gasteiger partial charge in [0.1, 0.15) is 0 Å². The number of benzene rings is 1. The van der Waals surface area contributed by atoms with Crippen LogP contribution in [0.2, 0.25) is 0 Å². The number of hydrogen-bond donors (Lipinski definition) is 1. The van der Waals surface area contributed by atoms with Gasteiger partial charge in [0.25, 0.3) is 0 Å². The van der Waals surface area contributed by atoms with E-state index in [0.29, 0.717) is 5.56 Å². The highest BCUT2D eigenvalue weighted by atomic mass is 18.2. The summed E-state index contributed by atoms with van der Waals surface area (Å²) in [7, 11) is 3.94. The van der Waals surface area contributed by atoms with Gasteiger partial charge >= 0.3 is 0 Å². The third kappa shape index (κ3) is 4.14. The number of anilines is 2. The highest BCUT2D eigenvalue weighted by molar-refractivity contribution is 6.04. The molecule has 0 bridgehead atoms. The van der Waals surface area contributed by atoms with Crippen molar-refractivity contribution in [2.45, 2.75) is 0 Å². The predicted molar refractivity (Wildman–Crippen MR) is 82.1 cm³/mol. The van der Waals surface area contributed by atoms with Gasteiger partial charge in [-0.3, -0.25) is 4.79 Å². The molecule has 0 saturated heterocycles. The lowest BCUT2D eigenvalue weighted by molar-refractivity contribution is 0.104. The minimum Gasteiger partial charge on any atom is -0.378 e. The van der Waals surface area contributed by atoms with Crippen molar-refractivity contribution in [2.75, 3.05) is 24.3 Å². The van der Waals surface area contributed by atoms with Gasteiger partial charge in [0.2, 0.25) is 5.95 Å². The summed E-state index contributed by atoms with van der Waals surface area (Å²) in [6.45, 7) is 0. The first-order valence-electron chi connectivity index (χ1n) is 6.42. The van der Waals surface area contributed by atoms with Crippen LogP contribution in [0, 0.1) is 5.95 Å². The summed E-state index contributed by atoms with van der Waals surface area (Å²) in [6, 6.07) is 10.4. The van der Waals surface area contributed by atoms with E-state index in [1.807, 2.05) is 43.3 Å². The van der Waals surface area contributed by atoms with Gasteiger partial charge in [0, 0.05) is 49.5 Å². The van der Waals surface area contributed by atoms with E-state index < -0.39 is 5.95 Å². The monoisotopic (exact) mass is 284 g/mol. The fraction of sp³-hybridized carbons (Fsp3) is 0.125. The van der Waals surface area contributed by atoms with Crippen molar-refractivity contribution >= 4 is 17.2 Å². The van der Waals surface area contributed by atoms with Gasteiger partial charge in [0.05, 0.1) is 0 Å². The predicted octanol–water partition coefficient (Wildman–Crippen LogP) is 3.10. The Kier molecular flexibility index (Phi) is 4.66. The lowest BCUT2D eigenvalue weighted by atomic mass is 10.2. The fourth-order valence-electron chi connectivity index (χ4n) is 1.69. The molecule has 108 valence electrons. The number of hydrogen-bond acceptors (Lipinski definition) is 4. The Balaban J connectivity index is 1.95. The van der Waals surface area contributed by atoms with E-state index in [9.17, 15) is 9.18 Å². The van der Waals surface area contributed by atoms with E-state index in [4.69, 9.17) is 0 Å². The Morgan fingerprint density at radius 1 is 1.19 bits per heavy atom. The van der Waals surface area contributed by atoms with Crippen LogP contribution in [-0.2, 0) is 0 Å². The second-order valence-corrected chi connectivity index (χ2v) is 4.65. The Bertz CT molecular complexity index is 634. The van der Waals surface area contributed by atoms with Crippen LogP contribution in [0.3, 0.4) is 0 Å². The van der Waals surface area contributed by atoms with Crippen LogP contribution in [0.25, 0.3) is 0 Å². The normalized spacial score (nSPS) is 10.6. The van der Waals surface area contributed by atoms with Gasteiger partial charge in [-0.15, -0.1) is 0 Å². The van der Waals surface area contributed by atoms with Crippen LogP contribution in [0.15, 0.2) is 54.9 Å². The van der Waals surface area contributed by atoms with E-state index >= 15 is 0 Å². The maximum Gasteiger partial charge on any atom is 0.212 e. The van der Waals surface area contributed by atoms with Crippen LogP contribution in [-0.4, -0.2) is 24.9 Å². The van der Waals surface area contributed by atoms with Gasteiger partial charge in [-0.25, -0.2) is 4.98 Å². The highest BCUT2D eigenvalue weighted by Gasteiger charge is 2.02. The molecule has 0 aliphatic rings. The number of nitrogens with zero attached hydrogens (tertiary/aromatic N) is 2. The molecule has 0 spiro atoms. The quantitative estimate of drug-likeness (QED) is 0.520. The number of aromatic nitrogens is 1. The number of ketones is 1. The number of rotatable bonds is 5.